The first-order valence-corrected chi connectivity index (χ1v) is 10.2. The molecule has 2 aromatic heterocycles. The lowest BCUT2D eigenvalue weighted by atomic mass is 10.2. The number of carbonyl (C=O) groups excluding carboxylic acids is 1. The summed E-state index contributed by atoms with van der Waals surface area (Å²) in [6, 6.07) is 19.4. The van der Waals surface area contributed by atoms with Crippen LogP contribution in [-0.2, 0) is 11.3 Å². The fraction of sp³-hybridized carbons (Fsp3) is 0.182. The summed E-state index contributed by atoms with van der Waals surface area (Å²) in [5.41, 5.74) is 2.59. The average Bonchev–Trinajstić information content (AvgIpc) is 3.17. The smallest absolute Gasteiger partial charge is 0.279 e. The van der Waals surface area contributed by atoms with Gasteiger partial charge in [0, 0.05) is 17.1 Å². The number of hydrogen-bond acceptors (Lipinski definition) is 5. The first kappa shape index (κ1) is 19.0. The molecule has 0 unspecified atom stereocenters. The van der Waals surface area contributed by atoms with Crippen LogP contribution >= 0.6 is 11.3 Å². The minimum atomic E-state index is -0.304. The molecule has 0 saturated heterocycles. The van der Waals surface area contributed by atoms with E-state index in [0.29, 0.717) is 16.8 Å². The average molecular weight is 404 g/mol. The monoisotopic (exact) mass is 404 g/mol. The Morgan fingerprint density at radius 1 is 1.10 bits per heavy atom. The zero-order chi connectivity index (χ0) is 20.4. The second-order valence-corrected chi connectivity index (χ2v) is 7.76. The van der Waals surface area contributed by atoms with Crippen molar-refractivity contribution < 1.29 is 4.79 Å². The molecule has 146 valence electrons. The highest BCUT2D eigenvalue weighted by atomic mass is 32.1. The molecule has 0 radical (unpaired) electrons. The van der Waals surface area contributed by atoms with Crippen molar-refractivity contribution in [2.24, 2.45) is 0 Å². The number of nitrogens with zero attached hydrogens (tertiary/aromatic N) is 4. The lowest BCUT2D eigenvalue weighted by molar-refractivity contribution is -0.119. The summed E-state index contributed by atoms with van der Waals surface area (Å²) in [5, 5.41) is 8.65. The van der Waals surface area contributed by atoms with Gasteiger partial charge in [0.15, 0.2) is 4.83 Å². The van der Waals surface area contributed by atoms with Crippen LogP contribution in [-0.4, -0.2) is 27.4 Å². The molecule has 6 nitrogen and oxygen atoms in total. The third kappa shape index (κ3) is 3.82. The summed E-state index contributed by atoms with van der Waals surface area (Å²) in [7, 11) is 0. The van der Waals surface area contributed by atoms with E-state index >= 15 is 0 Å². The topological polar surface area (TPSA) is 68.1 Å². The zero-order valence-electron chi connectivity index (χ0n) is 16.2. The maximum atomic E-state index is 12.9. The van der Waals surface area contributed by atoms with Crippen molar-refractivity contribution in [1.82, 2.24) is 15.0 Å². The highest BCUT2D eigenvalue weighted by Crippen LogP contribution is 2.30. The quantitative estimate of drug-likeness (QED) is 0.506. The molecule has 0 aliphatic heterocycles. The van der Waals surface area contributed by atoms with E-state index in [-0.39, 0.29) is 18.0 Å². The summed E-state index contributed by atoms with van der Waals surface area (Å²) in [4.78, 5) is 28.9. The number of hydrogen-bond donors (Lipinski definition) is 0. The number of aryl methyl sites for hydroxylation is 1. The van der Waals surface area contributed by atoms with Crippen LogP contribution in [0.5, 0.6) is 0 Å². The van der Waals surface area contributed by atoms with E-state index in [2.05, 4.69) is 10.3 Å². The van der Waals surface area contributed by atoms with Crippen LogP contribution in [0, 0.1) is 6.92 Å². The third-order valence-electron chi connectivity index (χ3n) is 4.69. The van der Waals surface area contributed by atoms with Crippen LogP contribution in [0.2, 0.25) is 0 Å². The fourth-order valence-corrected chi connectivity index (χ4v) is 4.22. The van der Waals surface area contributed by atoms with Gasteiger partial charge in [-0.2, -0.15) is 0 Å². The molecule has 4 aromatic rings. The van der Waals surface area contributed by atoms with Crippen molar-refractivity contribution in [3.8, 4) is 10.4 Å². The summed E-state index contributed by atoms with van der Waals surface area (Å²) in [6.07, 6.45) is 0. The second-order valence-electron chi connectivity index (χ2n) is 6.72. The molecule has 4 rings (SSSR count). The van der Waals surface area contributed by atoms with Gasteiger partial charge in [0.05, 0.1) is 5.39 Å². The number of aromatic nitrogens is 3. The van der Waals surface area contributed by atoms with Gasteiger partial charge in [-0.3, -0.25) is 9.59 Å². The minimum absolute atomic E-state index is 0.153. The lowest BCUT2D eigenvalue weighted by Crippen LogP contribution is -2.37. The Morgan fingerprint density at radius 2 is 1.90 bits per heavy atom. The molecular formula is C22H20N4O2S. The first-order chi connectivity index (χ1) is 14.1. The summed E-state index contributed by atoms with van der Waals surface area (Å²) >= 11 is 1.42. The molecule has 0 bridgehead atoms. The Bertz CT molecular complexity index is 1230. The van der Waals surface area contributed by atoms with Crippen molar-refractivity contribution in [1.29, 1.82) is 0 Å². The van der Waals surface area contributed by atoms with Crippen LogP contribution in [0.15, 0.2) is 65.5 Å². The molecule has 0 aliphatic rings. The van der Waals surface area contributed by atoms with Gasteiger partial charge in [0.2, 0.25) is 5.91 Å². The highest BCUT2D eigenvalue weighted by Gasteiger charge is 2.18. The number of likely N-dealkylation sites (N-methyl/N-ethyl adjacent to an activating group) is 1. The van der Waals surface area contributed by atoms with E-state index in [0.717, 1.165) is 26.4 Å². The zero-order valence-corrected chi connectivity index (χ0v) is 17.0. The van der Waals surface area contributed by atoms with Crippen molar-refractivity contribution in [3.63, 3.8) is 0 Å². The van der Waals surface area contributed by atoms with E-state index in [1.807, 2.05) is 74.5 Å². The van der Waals surface area contributed by atoms with E-state index in [9.17, 15) is 9.59 Å². The molecule has 0 aliphatic carbocycles. The number of fused-ring (bicyclic) bond motifs is 1. The van der Waals surface area contributed by atoms with Gasteiger partial charge in [0.25, 0.3) is 5.56 Å². The number of benzene rings is 2. The number of anilines is 1. The second kappa shape index (κ2) is 7.97. The van der Waals surface area contributed by atoms with Crippen LogP contribution in [0.4, 0.5) is 5.69 Å². The Kier molecular flexibility index (Phi) is 5.22. The standard InChI is InChI=1S/C22H20N4O2S/c1-3-25(17-11-7-8-15(2)12-17)20(27)14-26-22(28)18-13-19(29-21(18)23-24-26)16-9-5-4-6-10-16/h4-13H,3,14H2,1-2H3. The van der Waals surface area contributed by atoms with Crippen LogP contribution < -0.4 is 10.5 Å². The fourth-order valence-electron chi connectivity index (χ4n) is 3.24. The Hall–Kier alpha value is -3.32. The van der Waals surface area contributed by atoms with Crippen molar-refractivity contribution in [2.75, 3.05) is 11.4 Å². The predicted molar refractivity (Wildman–Crippen MR) is 116 cm³/mol. The first-order valence-electron chi connectivity index (χ1n) is 9.36. The molecule has 0 atom stereocenters. The summed E-state index contributed by atoms with van der Waals surface area (Å²) in [5.74, 6) is -0.202. The van der Waals surface area contributed by atoms with Crippen molar-refractivity contribution in [2.45, 2.75) is 20.4 Å². The number of thiophene rings is 1. The number of amides is 1. The molecular weight excluding hydrogens is 384 g/mol. The van der Waals surface area contributed by atoms with Gasteiger partial charge in [-0.25, -0.2) is 4.68 Å². The predicted octanol–water partition coefficient (Wildman–Crippen LogP) is 3.88. The molecule has 0 saturated carbocycles. The van der Waals surface area contributed by atoms with E-state index in [1.54, 1.807) is 4.90 Å². The third-order valence-corrected chi connectivity index (χ3v) is 5.76. The lowest BCUT2D eigenvalue weighted by Gasteiger charge is -2.21. The van der Waals surface area contributed by atoms with E-state index in [4.69, 9.17) is 0 Å². The van der Waals surface area contributed by atoms with E-state index in [1.165, 1.54) is 11.3 Å². The molecule has 7 heteroatoms. The largest absolute Gasteiger partial charge is 0.311 e. The maximum Gasteiger partial charge on any atom is 0.279 e. The minimum Gasteiger partial charge on any atom is -0.311 e. The Balaban J connectivity index is 1.65. The maximum absolute atomic E-state index is 12.9. The normalized spacial score (nSPS) is 11.0. The molecule has 2 aromatic carbocycles. The summed E-state index contributed by atoms with van der Waals surface area (Å²) < 4.78 is 1.14. The van der Waals surface area contributed by atoms with Gasteiger partial charge in [-0.15, -0.1) is 16.4 Å². The van der Waals surface area contributed by atoms with Gasteiger partial charge >= 0.3 is 0 Å². The molecule has 0 fully saturated rings. The molecule has 29 heavy (non-hydrogen) atoms. The number of rotatable bonds is 5. The van der Waals surface area contributed by atoms with Crippen LogP contribution in [0.1, 0.15) is 12.5 Å². The SMILES string of the molecule is CCN(C(=O)Cn1nnc2sc(-c3ccccc3)cc2c1=O)c1cccc(C)c1. The number of carbonyl (C=O) groups is 1. The summed E-state index contributed by atoms with van der Waals surface area (Å²) in [6.45, 7) is 4.24. The Morgan fingerprint density at radius 3 is 2.62 bits per heavy atom. The van der Waals surface area contributed by atoms with Gasteiger partial charge < -0.3 is 4.90 Å². The van der Waals surface area contributed by atoms with Crippen LogP contribution in [0.25, 0.3) is 20.7 Å². The van der Waals surface area contributed by atoms with Crippen molar-refractivity contribution >= 4 is 33.1 Å². The van der Waals surface area contributed by atoms with Crippen molar-refractivity contribution in [3.05, 3.63) is 76.6 Å². The molecule has 0 spiro atoms. The molecule has 0 N–H and O–H groups in total. The van der Waals surface area contributed by atoms with Gasteiger partial charge in [-0.05, 0) is 43.2 Å². The molecule has 1 amide bonds. The highest BCUT2D eigenvalue weighted by molar-refractivity contribution is 7.21. The molecule has 2 heterocycles. The van der Waals surface area contributed by atoms with E-state index < -0.39 is 0 Å². The van der Waals surface area contributed by atoms with Crippen LogP contribution in [0.3, 0.4) is 0 Å². The van der Waals surface area contributed by atoms with Gasteiger partial charge in [0.1, 0.15) is 6.54 Å². The Labute approximate surface area is 172 Å². The van der Waals surface area contributed by atoms with Gasteiger partial charge in [-0.1, -0.05) is 47.7 Å².